The summed E-state index contributed by atoms with van der Waals surface area (Å²) in [6, 6.07) is 1.68. The molecule has 0 aliphatic heterocycles. The van der Waals surface area contributed by atoms with E-state index in [-0.39, 0.29) is 11.3 Å². The molecule has 0 radical (unpaired) electrons. The number of hydrogen-bond donors (Lipinski definition) is 1. The SMILES string of the molecule is COc1c(C(=O)O)cc2c(c1Cl)CCC2. The molecule has 1 N–H and O–H groups in total. The molecule has 0 aromatic heterocycles. The molecule has 0 amide bonds. The number of rotatable bonds is 2. The number of benzene rings is 1. The average molecular weight is 227 g/mol. The summed E-state index contributed by atoms with van der Waals surface area (Å²) in [5.74, 6) is -0.715. The van der Waals surface area contributed by atoms with E-state index in [0.717, 1.165) is 30.4 Å². The predicted octanol–water partition coefficient (Wildman–Crippen LogP) is 2.54. The van der Waals surface area contributed by atoms with Gasteiger partial charge in [-0.05, 0) is 36.5 Å². The second-order valence-corrected chi connectivity index (χ2v) is 3.95. The summed E-state index contributed by atoms with van der Waals surface area (Å²) in [5, 5.41) is 9.48. The van der Waals surface area contributed by atoms with Crippen LogP contribution in [0.1, 0.15) is 27.9 Å². The van der Waals surface area contributed by atoms with E-state index in [0.29, 0.717) is 5.02 Å². The Hall–Kier alpha value is -1.22. The van der Waals surface area contributed by atoms with Crippen LogP contribution in [0.5, 0.6) is 5.75 Å². The van der Waals surface area contributed by atoms with E-state index in [1.165, 1.54) is 7.11 Å². The van der Waals surface area contributed by atoms with Gasteiger partial charge in [0.2, 0.25) is 0 Å². The average Bonchev–Trinajstić information content (AvgIpc) is 2.65. The smallest absolute Gasteiger partial charge is 0.339 e. The zero-order chi connectivity index (χ0) is 11.0. The Morgan fingerprint density at radius 1 is 1.53 bits per heavy atom. The Kier molecular flexibility index (Phi) is 2.57. The minimum absolute atomic E-state index is 0.156. The fraction of sp³-hybridized carbons (Fsp3) is 0.364. The summed E-state index contributed by atoms with van der Waals surface area (Å²) < 4.78 is 5.05. The van der Waals surface area contributed by atoms with Gasteiger partial charge in [-0.15, -0.1) is 0 Å². The summed E-state index contributed by atoms with van der Waals surface area (Å²) in [4.78, 5) is 11.0. The van der Waals surface area contributed by atoms with Crippen molar-refractivity contribution in [3.63, 3.8) is 0 Å². The second-order valence-electron chi connectivity index (χ2n) is 3.57. The fourth-order valence-electron chi connectivity index (χ4n) is 2.03. The highest BCUT2D eigenvalue weighted by Gasteiger charge is 2.23. The van der Waals surface area contributed by atoms with E-state index >= 15 is 0 Å². The lowest BCUT2D eigenvalue weighted by molar-refractivity contribution is 0.0693. The van der Waals surface area contributed by atoms with Crippen LogP contribution in [-0.4, -0.2) is 18.2 Å². The summed E-state index contributed by atoms with van der Waals surface area (Å²) in [6.45, 7) is 0. The lowest BCUT2D eigenvalue weighted by atomic mass is 10.0. The van der Waals surface area contributed by atoms with E-state index in [9.17, 15) is 4.79 Å². The molecule has 1 aliphatic carbocycles. The van der Waals surface area contributed by atoms with Gasteiger partial charge < -0.3 is 9.84 Å². The molecular formula is C11H11ClO3. The number of fused-ring (bicyclic) bond motifs is 1. The first-order chi connectivity index (χ1) is 7.15. The van der Waals surface area contributed by atoms with E-state index in [1.807, 2.05) is 0 Å². The van der Waals surface area contributed by atoms with Gasteiger partial charge >= 0.3 is 5.97 Å². The van der Waals surface area contributed by atoms with E-state index < -0.39 is 5.97 Å². The molecule has 0 unspecified atom stereocenters. The molecule has 15 heavy (non-hydrogen) atoms. The van der Waals surface area contributed by atoms with Gasteiger partial charge in [-0.3, -0.25) is 0 Å². The molecule has 0 saturated heterocycles. The summed E-state index contributed by atoms with van der Waals surface area (Å²) >= 11 is 6.12. The Morgan fingerprint density at radius 2 is 2.27 bits per heavy atom. The highest BCUT2D eigenvalue weighted by molar-refractivity contribution is 6.33. The number of ether oxygens (including phenoxy) is 1. The Balaban J connectivity index is 2.66. The van der Waals surface area contributed by atoms with Gasteiger partial charge in [0.25, 0.3) is 0 Å². The van der Waals surface area contributed by atoms with E-state index in [4.69, 9.17) is 21.4 Å². The maximum absolute atomic E-state index is 11.0. The molecular weight excluding hydrogens is 216 g/mol. The number of aromatic carboxylic acids is 1. The number of carboxylic acids is 1. The molecule has 0 saturated carbocycles. The van der Waals surface area contributed by atoms with Gasteiger partial charge in [0.1, 0.15) is 5.56 Å². The molecule has 2 rings (SSSR count). The van der Waals surface area contributed by atoms with Crippen molar-refractivity contribution in [3.05, 3.63) is 27.8 Å². The zero-order valence-electron chi connectivity index (χ0n) is 8.34. The Morgan fingerprint density at radius 3 is 2.87 bits per heavy atom. The third kappa shape index (κ3) is 1.57. The molecule has 1 aromatic carbocycles. The molecule has 80 valence electrons. The van der Waals surface area contributed by atoms with Gasteiger partial charge in [-0.2, -0.15) is 0 Å². The molecule has 3 nitrogen and oxygen atoms in total. The number of aryl methyl sites for hydroxylation is 1. The first-order valence-corrected chi connectivity index (χ1v) is 5.14. The number of methoxy groups -OCH3 is 1. The van der Waals surface area contributed by atoms with Crippen LogP contribution < -0.4 is 4.74 Å². The normalized spacial score (nSPS) is 13.7. The molecule has 0 spiro atoms. The first-order valence-electron chi connectivity index (χ1n) is 4.76. The lowest BCUT2D eigenvalue weighted by Crippen LogP contribution is -2.03. The van der Waals surface area contributed by atoms with Crippen LogP contribution in [0.4, 0.5) is 0 Å². The number of carboxylic acid groups (broad SMARTS) is 1. The molecule has 0 atom stereocenters. The van der Waals surface area contributed by atoms with Gasteiger partial charge in [0.15, 0.2) is 5.75 Å². The molecule has 1 aromatic rings. The van der Waals surface area contributed by atoms with Gasteiger partial charge in [0.05, 0.1) is 12.1 Å². The van der Waals surface area contributed by atoms with Crippen LogP contribution in [-0.2, 0) is 12.8 Å². The first kappa shape index (κ1) is 10.3. The third-order valence-corrected chi connectivity index (χ3v) is 3.12. The van der Waals surface area contributed by atoms with Crippen molar-refractivity contribution in [1.29, 1.82) is 0 Å². The standard InChI is InChI=1S/C11H11ClO3/c1-15-10-8(11(13)14)5-6-3-2-4-7(6)9(10)12/h5H,2-4H2,1H3,(H,13,14). The highest BCUT2D eigenvalue weighted by Crippen LogP contribution is 2.38. The summed E-state index contributed by atoms with van der Waals surface area (Å²) in [5.41, 5.74) is 2.24. The Labute approximate surface area is 92.6 Å². The largest absolute Gasteiger partial charge is 0.494 e. The van der Waals surface area contributed by atoms with Crippen molar-refractivity contribution in [2.24, 2.45) is 0 Å². The van der Waals surface area contributed by atoms with Gasteiger partial charge in [0, 0.05) is 0 Å². The van der Waals surface area contributed by atoms with Crippen LogP contribution in [0, 0.1) is 0 Å². The maximum atomic E-state index is 11.0. The quantitative estimate of drug-likeness (QED) is 0.843. The topological polar surface area (TPSA) is 46.5 Å². The van der Waals surface area contributed by atoms with Crippen molar-refractivity contribution < 1.29 is 14.6 Å². The number of halogens is 1. The lowest BCUT2D eigenvalue weighted by Gasteiger charge is -2.11. The van der Waals surface area contributed by atoms with Crippen LogP contribution in [0.15, 0.2) is 6.07 Å². The third-order valence-electron chi connectivity index (χ3n) is 2.72. The van der Waals surface area contributed by atoms with Crippen molar-refractivity contribution in [2.75, 3.05) is 7.11 Å². The maximum Gasteiger partial charge on any atom is 0.339 e. The van der Waals surface area contributed by atoms with E-state index in [1.54, 1.807) is 6.07 Å². The molecule has 0 bridgehead atoms. The minimum atomic E-state index is -0.997. The predicted molar refractivity (Wildman–Crippen MR) is 57.0 cm³/mol. The molecule has 0 fully saturated rings. The van der Waals surface area contributed by atoms with Crippen molar-refractivity contribution in [3.8, 4) is 5.75 Å². The zero-order valence-corrected chi connectivity index (χ0v) is 9.10. The van der Waals surface area contributed by atoms with Gasteiger partial charge in [-0.1, -0.05) is 11.6 Å². The Bertz CT molecular complexity index is 426. The van der Waals surface area contributed by atoms with Crippen LogP contribution >= 0.6 is 11.6 Å². The highest BCUT2D eigenvalue weighted by atomic mass is 35.5. The van der Waals surface area contributed by atoms with E-state index in [2.05, 4.69) is 0 Å². The minimum Gasteiger partial charge on any atom is -0.494 e. The summed E-state index contributed by atoms with van der Waals surface area (Å²) in [6.07, 6.45) is 2.84. The van der Waals surface area contributed by atoms with Crippen LogP contribution in [0.3, 0.4) is 0 Å². The monoisotopic (exact) mass is 226 g/mol. The van der Waals surface area contributed by atoms with Crippen molar-refractivity contribution in [1.82, 2.24) is 0 Å². The number of hydrogen-bond acceptors (Lipinski definition) is 2. The molecule has 4 heteroatoms. The van der Waals surface area contributed by atoms with Crippen LogP contribution in [0.25, 0.3) is 0 Å². The van der Waals surface area contributed by atoms with Crippen molar-refractivity contribution in [2.45, 2.75) is 19.3 Å². The second kappa shape index (κ2) is 3.74. The van der Waals surface area contributed by atoms with Crippen molar-refractivity contribution >= 4 is 17.6 Å². The van der Waals surface area contributed by atoms with Crippen LogP contribution in [0.2, 0.25) is 5.02 Å². The summed E-state index contributed by atoms with van der Waals surface area (Å²) in [7, 11) is 1.44. The fourth-order valence-corrected chi connectivity index (χ4v) is 2.43. The number of carbonyl (C=O) groups is 1. The molecule has 0 heterocycles. The van der Waals surface area contributed by atoms with Gasteiger partial charge in [-0.25, -0.2) is 4.79 Å². The molecule has 1 aliphatic rings.